The molecule has 4 heteroatoms. The molecule has 0 saturated carbocycles. The fourth-order valence-corrected chi connectivity index (χ4v) is 1.37. The summed E-state index contributed by atoms with van der Waals surface area (Å²) in [5, 5.41) is 3.13. The van der Waals surface area contributed by atoms with Crippen LogP contribution in [-0.2, 0) is 0 Å². The van der Waals surface area contributed by atoms with Crippen LogP contribution in [0.3, 0.4) is 0 Å². The van der Waals surface area contributed by atoms with E-state index in [4.69, 9.17) is 5.73 Å². The fourth-order valence-electron chi connectivity index (χ4n) is 1.37. The van der Waals surface area contributed by atoms with E-state index in [1.54, 1.807) is 6.20 Å². The van der Waals surface area contributed by atoms with E-state index in [-0.39, 0.29) is 0 Å². The van der Waals surface area contributed by atoms with Crippen LogP contribution < -0.4 is 16.0 Å². The Hall–Kier alpha value is -1.29. The molecule has 84 valence electrons. The molecule has 15 heavy (non-hydrogen) atoms. The van der Waals surface area contributed by atoms with Crippen molar-refractivity contribution >= 4 is 11.5 Å². The topological polar surface area (TPSA) is 54.2 Å². The van der Waals surface area contributed by atoms with Crippen LogP contribution in [0.4, 0.5) is 11.5 Å². The summed E-state index contributed by atoms with van der Waals surface area (Å²) in [6.45, 7) is 4.03. The van der Waals surface area contributed by atoms with Crippen LogP contribution in [0.1, 0.15) is 12.0 Å². The number of rotatable bonds is 5. The largest absolute Gasteiger partial charge is 0.397 e. The first kappa shape index (κ1) is 11.8. The predicted molar refractivity (Wildman–Crippen MR) is 65.2 cm³/mol. The lowest BCUT2D eigenvalue weighted by molar-refractivity contribution is 0.709. The second kappa shape index (κ2) is 5.56. The number of nitrogens with two attached hydrogens (primary N) is 1. The smallest absolute Gasteiger partial charge is 0.128 e. The number of aryl methyl sites for hydroxylation is 1. The van der Waals surface area contributed by atoms with Crippen LogP contribution in [0, 0.1) is 6.92 Å². The van der Waals surface area contributed by atoms with Crippen molar-refractivity contribution in [3.63, 3.8) is 0 Å². The second-order valence-corrected chi connectivity index (χ2v) is 3.78. The zero-order valence-corrected chi connectivity index (χ0v) is 9.75. The first-order valence-corrected chi connectivity index (χ1v) is 5.23. The predicted octanol–water partition coefficient (Wildman–Crippen LogP) is 1.02. The summed E-state index contributed by atoms with van der Waals surface area (Å²) in [6.07, 6.45) is 2.83. The summed E-state index contributed by atoms with van der Waals surface area (Å²) >= 11 is 0. The van der Waals surface area contributed by atoms with E-state index >= 15 is 0 Å². The molecule has 1 heterocycles. The molecule has 0 amide bonds. The lowest BCUT2D eigenvalue weighted by Crippen LogP contribution is -2.23. The third kappa shape index (κ3) is 3.40. The van der Waals surface area contributed by atoms with Crippen LogP contribution in [0.2, 0.25) is 0 Å². The molecule has 0 aliphatic carbocycles. The van der Waals surface area contributed by atoms with Gasteiger partial charge < -0.3 is 16.0 Å². The van der Waals surface area contributed by atoms with Gasteiger partial charge in [0.25, 0.3) is 0 Å². The van der Waals surface area contributed by atoms with Crippen LogP contribution >= 0.6 is 0 Å². The molecule has 0 radical (unpaired) electrons. The lowest BCUT2D eigenvalue weighted by atomic mass is 10.2. The molecule has 0 spiro atoms. The van der Waals surface area contributed by atoms with Crippen LogP contribution in [0.5, 0.6) is 0 Å². The maximum atomic E-state index is 5.72. The minimum Gasteiger partial charge on any atom is -0.397 e. The van der Waals surface area contributed by atoms with Gasteiger partial charge in [0, 0.05) is 13.6 Å². The number of hydrogen-bond acceptors (Lipinski definition) is 4. The Kier molecular flexibility index (Phi) is 4.37. The summed E-state index contributed by atoms with van der Waals surface area (Å²) in [4.78, 5) is 6.44. The summed E-state index contributed by atoms with van der Waals surface area (Å²) in [7, 11) is 4.01. The number of hydrogen-bond donors (Lipinski definition) is 2. The molecule has 0 aliphatic rings. The lowest BCUT2D eigenvalue weighted by Gasteiger charge is -2.18. The number of nitrogens with zero attached hydrogens (tertiary/aromatic N) is 2. The van der Waals surface area contributed by atoms with Crippen molar-refractivity contribution < 1.29 is 0 Å². The van der Waals surface area contributed by atoms with Crippen molar-refractivity contribution in [3.05, 3.63) is 17.8 Å². The van der Waals surface area contributed by atoms with Crippen molar-refractivity contribution in [2.75, 3.05) is 37.8 Å². The van der Waals surface area contributed by atoms with Crippen molar-refractivity contribution in [1.82, 2.24) is 10.3 Å². The summed E-state index contributed by atoms with van der Waals surface area (Å²) in [6, 6.07) is 2.02. The van der Waals surface area contributed by atoms with Crippen LogP contribution in [0.25, 0.3) is 0 Å². The van der Waals surface area contributed by atoms with E-state index in [2.05, 4.69) is 15.2 Å². The van der Waals surface area contributed by atoms with E-state index in [0.29, 0.717) is 0 Å². The molecule has 0 saturated heterocycles. The number of nitrogen functional groups attached to an aromatic ring is 1. The van der Waals surface area contributed by atoms with Gasteiger partial charge >= 0.3 is 0 Å². The molecule has 0 atom stereocenters. The van der Waals surface area contributed by atoms with Gasteiger partial charge in [0.1, 0.15) is 5.82 Å². The van der Waals surface area contributed by atoms with Gasteiger partial charge in [-0.05, 0) is 38.6 Å². The van der Waals surface area contributed by atoms with E-state index < -0.39 is 0 Å². The maximum absolute atomic E-state index is 5.72. The van der Waals surface area contributed by atoms with Gasteiger partial charge in [-0.3, -0.25) is 0 Å². The molecule has 0 fully saturated rings. The molecule has 1 rings (SSSR count). The SMILES string of the molecule is CNCCCN(C)c1cc(C)c(N)cn1. The van der Waals surface area contributed by atoms with E-state index in [0.717, 1.165) is 36.6 Å². The molecule has 3 N–H and O–H groups in total. The summed E-state index contributed by atoms with van der Waals surface area (Å²) in [5.41, 5.74) is 7.56. The third-order valence-corrected chi connectivity index (χ3v) is 2.45. The molecule has 1 aromatic rings. The van der Waals surface area contributed by atoms with Gasteiger partial charge in [-0.15, -0.1) is 0 Å². The average molecular weight is 208 g/mol. The highest BCUT2D eigenvalue weighted by atomic mass is 15.2. The Morgan fingerprint density at radius 2 is 2.27 bits per heavy atom. The van der Waals surface area contributed by atoms with Gasteiger partial charge in [-0.1, -0.05) is 0 Å². The zero-order chi connectivity index (χ0) is 11.3. The molecule has 0 bridgehead atoms. The highest BCUT2D eigenvalue weighted by Crippen LogP contribution is 2.15. The standard InChI is InChI=1S/C11H20N4/c1-9-7-11(14-8-10(9)12)15(3)6-4-5-13-2/h7-8,13H,4-6,12H2,1-3H3. The Labute approximate surface area is 91.5 Å². The van der Waals surface area contributed by atoms with Gasteiger partial charge in [-0.2, -0.15) is 0 Å². The Balaban J connectivity index is 2.57. The van der Waals surface area contributed by atoms with Crippen LogP contribution in [-0.4, -0.2) is 32.2 Å². The quantitative estimate of drug-likeness (QED) is 0.709. The Morgan fingerprint density at radius 3 is 2.87 bits per heavy atom. The Morgan fingerprint density at radius 1 is 1.53 bits per heavy atom. The average Bonchev–Trinajstić information content (AvgIpc) is 2.22. The van der Waals surface area contributed by atoms with Crippen molar-refractivity contribution in [2.45, 2.75) is 13.3 Å². The number of anilines is 2. The molecular formula is C11H20N4. The monoisotopic (exact) mass is 208 g/mol. The maximum Gasteiger partial charge on any atom is 0.128 e. The second-order valence-electron chi connectivity index (χ2n) is 3.78. The normalized spacial score (nSPS) is 10.3. The fraction of sp³-hybridized carbons (Fsp3) is 0.545. The van der Waals surface area contributed by atoms with Gasteiger partial charge in [0.05, 0.1) is 11.9 Å². The van der Waals surface area contributed by atoms with Crippen LogP contribution in [0.15, 0.2) is 12.3 Å². The highest BCUT2D eigenvalue weighted by Gasteiger charge is 2.03. The third-order valence-electron chi connectivity index (χ3n) is 2.45. The number of pyridine rings is 1. The molecule has 0 unspecified atom stereocenters. The number of aromatic nitrogens is 1. The molecule has 0 aliphatic heterocycles. The molecule has 4 nitrogen and oxygen atoms in total. The van der Waals surface area contributed by atoms with Gasteiger partial charge in [0.15, 0.2) is 0 Å². The van der Waals surface area contributed by atoms with Crippen molar-refractivity contribution in [1.29, 1.82) is 0 Å². The molecule has 1 aromatic heterocycles. The summed E-state index contributed by atoms with van der Waals surface area (Å²) < 4.78 is 0. The molecular weight excluding hydrogens is 188 g/mol. The Bertz CT molecular complexity index is 311. The van der Waals surface area contributed by atoms with E-state index in [9.17, 15) is 0 Å². The number of nitrogens with one attached hydrogen (secondary N) is 1. The summed E-state index contributed by atoms with van der Waals surface area (Å²) in [5.74, 6) is 0.984. The minimum atomic E-state index is 0.752. The van der Waals surface area contributed by atoms with Gasteiger partial charge in [-0.25, -0.2) is 4.98 Å². The first-order chi connectivity index (χ1) is 7.15. The minimum absolute atomic E-state index is 0.752. The van der Waals surface area contributed by atoms with Gasteiger partial charge in [0.2, 0.25) is 0 Å². The zero-order valence-electron chi connectivity index (χ0n) is 9.75. The highest BCUT2D eigenvalue weighted by molar-refractivity contribution is 5.51. The van der Waals surface area contributed by atoms with E-state index in [1.807, 2.05) is 27.1 Å². The van der Waals surface area contributed by atoms with Crippen molar-refractivity contribution in [2.24, 2.45) is 0 Å². The first-order valence-electron chi connectivity index (χ1n) is 5.23. The van der Waals surface area contributed by atoms with E-state index in [1.165, 1.54) is 0 Å². The molecule has 0 aromatic carbocycles. The van der Waals surface area contributed by atoms with Crippen molar-refractivity contribution in [3.8, 4) is 0 Å².